The molecular weight excluding hydrogens is 196 g/mol. The zero-order valence-electron chi connectivity index (χ0n) is 8.51. The SMILES string of the molecule is CC1CC1c1ccc(C(O)CC(=O)O)o1. The summed E-state index contributed by atoms with van der Waals surface area (Å²) in [5.41, 5.74) is 0. The average molecular weight is 210 g/mol. The summed E-state index contributed by atoms with van der Waals surface area (Å²) in [6, 6.07) is 3.49. The summed E-state index contributed by atoms with van der Waals surface area (Å²) in [7, 11) is 0. The molecule has 82 valence electrons. The molecule has 1 aliphatic rings. The highest BCUT2D eigenvalue weighted by atomic mass is 16.4. The lowest BCUT2D eigenvalue weighted by Crippen LogP contribution is -2.04. The molecule has 0 saturated heterocycles. The molecule has 0 amide bonds. The third-order valence-electron chi connectivity index (χ3n) is 2.82. The highest BCUT2D eigenvalue weighted by molar-refractivity contribution is 5.67. The monoisotopic (exact) mass is 210 g/mol. The van der Waals surface area contributed by atoms with Gasteiger partial charge in [0, 0.05) is 5.92 Å². The molecule has 1 saturated carbocycles. The van der Waals surface area contributed by atoms with E-state index < -0.39 is 12.1 Å². The molecule has 0 aliphatic heterocycles. The molecule has 3 atom stereocenters. The third kappa shape index (κ3) is 2.21. The zero-order chi connectivity index (χ0) is 11.0. The van der Waals surface area contributed by atoms with Crippen molar-refractivity contribution in [3.63, 3.8) is 0 Å². The van der Waals surface area contributed by atoms with E-state index in [2.05, 4.69) is 6.92 Å². The topological polar surface area (TPSA) is 70.7 Å². The molecule has 4 heteroatoms. The van der Waals surface area contributed by atoms with Crippen LogP contribution in [0.5, 0.6) is 0 Å². The highest BCUT2D eigenvalue weighted by Crippen LogP contribution is 2.47. The van der Waals surface area contributed by atoms with Gasteiger partial charge in [-0.05, 0) is 24.5 Å². The Morgan fingerprint density at radius 3 is 2.87 bits per heavy atom. The summed E-state index contributed by atoms with van der Waals surface area (Å²) in [5, 5.41) is 18.0. The van der Waals surface area contributed by atoms with Gasteiger partial charge in [0.15, 0.2) is 0 Å². The van der Waals surface area contributed by atoms with E-state index in [1.807, 2.05) is 6.07 Å². The Kier molecular flexibility index (Phi) is 2.52. The number of hydrogen-bond donors (Lipinski definition) is 2. The molecule has 0 bridgehead atoms. The van der Waals surface area contributed by atoms with E-state index in [0.29, 0.717) is 17.6 Å². The first kappa shape index (κ1) is 10.2. The lowest BCUT2D eigenvalue weighted by molar-refractivity contribution is -0.139. The minimum Gasteiger partial charge on any atom is -0.481 e. The number of carboxylic acids is 1. The Morgan fingerprint density at radius 2 is 2.33 bits per heavy atom. The van der Waals surface area contributed by atoms with Crippen molar-refractivity contribution in [2.45, 2.75) is 31.8 Å². The highest BCUT2D eigenvalue weighted by Gasteiger charge is 2.36. The van der Waals surface area contributed by atoms with E-state index in [1.54, 1.807) is 6.07 Å². The largest absolute Gasteiger partial charge is 0.481 e. The molecule has 1 heterocycles. The molecule has 0 spiro atoms. The molecule has 3 unspecified atom stereocenters. The fourth-order valence-corrected chi connectivity index (χ4v) is 1.73. The maximum Gasteiger partial charge on any atom is 0.306 e. The number of aliphatic hydroxyl groups excluding tert-OH is 1. The Hall–Kier alpha value is -1.29. The van der Waals surface area contributed by atoms with Crippen LogP contribution in [0.15, 0.2) is 16.5 Å². The molecule has 15 heavy (non-hydrogen) atoms. The van der Waals surface area contributed by atoms with Crippen LogP contribution in [-0.4, -0.2) is 16.2 Å². The number of carboxylic acid groups (broad SMARTS) is 1. The predicted octanol–water partition coefficient (Wildman–Crippen LogP) is 1.91. The van der Waals surface area contributed by atoms with Crippen LogP contribution in [0.2, 0.25) is 0 Å². The minimum atomic E-state index is -1.04. The molecule has 1 aliphatic carbocycles. The van der Waals surface area contributed by atoms with Crippen molar-refractivity contribution in [3.8, 4) is 0 Å². The van der Waals surface area contributed by atoms with Gasteiger partial charge in [-0.25, -0.2) is 0 Å². The van der Waals surface area contributed by atoms with Gasteiger partial charge in [0.1, 0.15) is 17.6 Å². The maximum absolute atomic E-state index is 10.4. The Balaban J connectivity index is 2.03. The Morgan fingerprint density at radius 1 is 1.67 bits per heavy atom. The zero-order valence-corrected chi connectivity index (χ0v) is 8.51. The van der Waals surface area contributed by atoms with Crippen LogP contribution in [0.25, 0.3) is 0 Å². The summed E-state index contributed by atoms with van der Waals surface area (Å²) in [6.45, 7) is 2.14. The molecule has 0 aromatic carbocycles. The first-order valence-corrected chi connectivity index (χ1v) is 5.07. The van der Waals surface area contributed by atoms with Gasteiger partial charge in [-0.3, -0.25) is 4.79 Å². The van der Waals surface area contributed by atoms with Crippen molar-refractivity contribution < 1.29 is 19.4 Å². The minimum absolute atomic E-state index is 0.312. The second-order valence-electron chi connectivity index (χ2n) is 4.17. The van der Waals surface area contributed by atoms with E-state index >= 15 is 0 Å². The van der Waals surface area contributed by atoms with Crippen LogP contribution >= 0.6 is 0 Å². The summed E-state index contributed by atoms with van der Waals surface area (Å²) >= 11 is 0. The number of hydrogen-bond acceptors (Lipinski definition) is 3. The van der Waals surface area contributed by atoms with E-state index in [4.69, 9.17) is 9.52 Å². The molecule has 2 N–H and O–H groups in total. The van der Waals surface area contributed by atoms with Gasteiger partial charge >= 0.3 is 5.97 Å². The fraction of sp³-hybridized carbons (Fsp3) is 0.545. The summed E-state index contributed by atoms with van der Waals surface area (Å²) in [6.07, 6.45) is -0.236. The lowest BCUT2D eigenvalue weighted by Gasteiger charge is -2.03. The first-order chi connectivity index (χ1) is 7.08. The van der Waals surface area contributed by atoms with Gasteiger partial charge in [-0.1, -0.05) is 6.92 Å². The van der Waals surface area contributed by atoms with E-state index in [9.17, 15) is 9.90 Å². The molecule has 1 aromatic heterocycles. The van der Waals surface area contributed by atoms with Crippen LogP contribution < -0.4 is 0 Å². The summed E-state index contributed by atoms with van der Waals surface area (Å²) in [4.78, 5) is 10.4. The number of rotatable bonds is 4. The van der Waals surface area contributed by atoms with Crippen molar-refractivity contribution in [3.05, 3.63) is 23.7 Å². The average Bonchev–Trinajstić information content (AvgIpc) is 2.70. The van der Waals surface area contributed by atoms with Gasteiger partial charge < -0.3 is 14.6 Å². The Bertz CT molecular complexity index is 368. The fourth-order valence-electron chi connectivity index (χ4n) is 1.73. The standard InChI is InChI=1S/C11H14O4/c1-6-4-7(6)9-2-3-10(15-9)8(12)5-11(13)14/h2-3,6-8,12H,4-5H2,1H3,(H,13,14). The molecule has 0 radical (unpaired) electrons. The second kappa shape index (κ2) is 3.70. The van der Waals surface area contributed by atoms with Crippen LogP contribution in [0, 0.1) is 5.92 Å². The Labute approximate surface area is 87.5 Å². The molecule has 4 nitrogen and oxygen atoms in total. The molecule has 2 rings (SSSR count). The number of carbonyl (C=O) groups is 1. The van der Waals surface area contributed by atoms with Crippen molar-refractivity contribution in [2.24, 2.45) is 5.92 Å². The summed E-state index contributed by atoms with van der Waals surface area (Å²) in [5.74, 6) is 1.28. The summed E-state index contributed by atoms with van der Waals surface area (Å²) < 4.78 is 5.43. The second-order valence-corrected chi connectivity index (χ2v) is 4.17. The van der Waals surface area contributed by atoms with Crippen molar-refractivity contribution in [1.29, 1.82) is 0 Å². The van der Waals surface area contributed by atoms with Crippen LogP contribution in [0.1, 0.15) is 43.3 Å². The van der Waals surface area contributed by atoms with Gasteiger partial charge in [0.25, 0.3) is 0 Å². The van der Waals surface area contributed by atoms with E-state index in [1.165, 1.54) is 0 Å². The predicted molar refractivity (Wildman–Crippen MR) is 52.4 cm³/mol. The van der Waals surface area contributed by atoms with Gasteiger partial charge in [0.2, 0.25) is 0 Å². The van der Waals surface area contributed by atoms with Crippen LogP contribution in [0.4, 0.5) is 0 Å². The number of aliphatic carboxylic acids is 1. The van der Waals surface area contributed by atoms with Crippen molar-refractivity contribution in [2.75, 3.05) is 0 Å². The first-order valence-electron chi connectivity index (χ1n) is 5.07. The van der Waals surface area contributed by atoms with Crippen LogP contribution in [-0.2, 0) is 4.79 Å². The van der Waals surface area contributed by atoms with E-state index in [0.717, 1.165) is 12.2 Å². The van der Waals surface area contributed by atoms with Gasteiger partial charge in [-0.2, -0.15) is 0 Å². The third-order valence-corrected chi connectivity index (χ3v) is 2.82. The number of furan rings is 1. The molecule has 1 fully saturated rings. The smallest absolute Gasteiger partial charge is 0.306 e. The van der Waals surface area contributed by atoms with E-state index in [-0.39, 0.29) is 6.42 Å². The lowest BCUT2D eigenvalue weighted by atomic mass is 10.2. The number of aliphatic hydroxyl groups is 1. The molecule has 1 aromatic rings. The normalized spacial score (nSPS) is 26.3. The van der Waals surface area contributed by atoms with Crippen molar-refractivity contribution in [1.82, 2.24) is 0 Å². The van der Waals surface area contributed by atoms with Gasteiger partial charge in [-0.15, -0.1) is 0 Å². The quantitative estimate of drug-likeness (QED) is 0.796. The van der Waals surface area contributed by atoms with Gasteiger partial charge in [0.05, 0.1) is 6.42 Å². The maximum atomic E-state index is 10.4. The molecular formula is C11H14O4. The van der Waals surface area contributed by atoms with Crippen LogP contribution in [0.3, 0.4) is 0 Å². The van der Waals surface area contributed by atoms with Crippen molar-refractivity contribution >= 4 is 5.97 Å².